The first-order valence-corrected chi connectivity index (χ1v) is 6.27. The van der Waals surface area contributed by atoms with Gasteiger partial charge < -0.3 is 9.73 Å². The Morgan fingerprint density at radius 2 is 2.11 bits per heavy atom. The summed E-state index contributed by atoms with van der Waals surface area (Å²) in [6, 6.07) is 7.55. The summed E-state index contributed by atoms with van der Waals surface area (Å²) in [4.78, 5) is 4.25. The minimum Gasteiger partial charge on any atom is -0.439 e. The van der Waals surface area contributed by atoms with Crippen molar-refractivity contribution in [1.82, 2.24) is 10.3 Å². The predicted molar refractivity (Wildman–Crippen MR) is 73.5 cm³/mol. The highest BCUT2D eigenvalue weighted by Crippen LogP contribution is 2.23. The van der Waals surface area contributed by atoms with Gasteiger partial charge in [-0.25, -0.2) is 4.98 Å². The summed E-state index contributed by atoms with van der Waals surface area (Å²) in [5.74, 6) is 1.42. The molecule has 0 bridgehead atoms. The summed E-state index contributed by atoms with van der Waals surface area (Å²) in [7, 11) is 0. The van der Waals surface area contributed by atoms with Gasteiger partial charge >= 0.3 is 0 Å². The molecule has 0 aliphatic rings. The van der Waals surface area contributed by atoms with Gasteiger partial charge in [-0.3, -0.25) is 0 Å². The molecule has 96 valence electrons. The molecule has 0 saturated heterocycles. The van der Waals surface area contributed by atoms with Crippen LogP contribution in [0.15, 0.2) is 34.9 Å². The molecule has 18 heavy (non-hydrogen) atoms. The third-order valence-electron chi connectivity index (χ3n) is 2.43. The number of rotatable bonds is 3. The van der Waals surface area contributed by atoms with Crippen LogP contribution in [0.2, 0.25) is 5.02 Å². The predicted octanol–water partition coefficient (Wildman–Crippen LogP) is 3.88. The Hall–Kier alpha value is -1.32. The average molecular weight is 265 g/mol. The number of hydrogen-bond acceptors (Lipinski definition) is 3. The van der Waals surface area contributed by atoms with Crippen molar-refractivity contribution in [2.45, 2.75) is 32.9 Å². The molecule has 0 fully saturated rings. The van der Waals surface area contributed by atoms with Gasteiger partial charge in [0.2, 0.25) is 5.89 Å². The van der Waals surface area contributed by atoms with Gasteiger partial charge in [0.05, 0.1) is 12.7 Å². The van der Waals surface area contributed by atoms with E-state index < -0.39 is 0 Å². The van der Waals surface area contributed by atoms with Crippen LogP contribution in [0.3, 0.4) is 0 Å². The largest absolute Gasteiger partial charge is 0.439 e. The molecular weight excluding hydrogens is 248 g/mol. The third kappa shape index (κ3) is 3.59. The van der Waals surface area contributed by atoms with Crippen LogP contribution in [0.5, 0.6) is 0 Å². The molecule has 0 amide bonds. The highest BCUT2D eigenvalue weighted by molar-refractivity contribution is 6.30. The van der Waals surface area contributed by atoms with Gasteiger partial charge in [0, 0.05) is 16.1 Å². The van der Waals surface area contributed by atoms with E-state index in [1.807, 2.05) is 24.3 Å². The van der Waals surface area contributed by atoms with Crippen LogP contribution in [-0.2, 0) is 6.54 Å². The lowest BCUT2D eigenvalue weighted by atomic mass is 10.1. The van der Waals surface area contributed by atoms with E-state index in [4.69, 9.17) is 16.0 Å². The first-order valence-electron chi connectivity index (χ1n) is 5.90. The lowest BCUT2D eigenvalue weighted by Gasteiger charge is -2.18. The van der Waals surface area contributed by atoms with E-state index in [-0.39, 0.29) is 5.54 Å². The monoisotopic (exact) mass is 264 g/mol. The molecule has 0 saturated carbocycles. The van der Waals surface area contributed by atoms with E-state index in [9.17, 15) is 0 Å². The van der Waals surface area contributed by atoms with Crippen molar-refractivity contribution in [2.75, 3.05) is 0 Å². The normalized spacial score (nSPS) is 11.8. The minimum atomic E-state index is 0.0463. The Kier molecular flexibility index (Phi) is 3.73. The molecule has 1 heterocycles. The maximum atomic E-state index is 5.95. The van der Waals surface area contributed by atoms with Crippen molar-refractivity contribution in [2.24, 2.45) is 0 Å². The molecule has 1 aromatic heterocycles. The fourth-order valence-electron chi connectivity index (χ4n) is 1.51. The molecule has 1 N–H and O–H groups in total. The second kappa shape index (κ2) is 5.12. The lowest BCUT2D eigenvalue weighted by molar-refractivity contribution is 0.383. The van der Waals surface area contributed by atoms with Gasteiger partial charge in [-0.15, -0.1) is 0 Å². The highest BCUT2D eigenvalue weighted by Gasteiger charge is 2.12. The summed E-state index contributed by atoms with van der Waals surface area (Å²) >= 11 is 5.95. The molecule has 0 aliphatic carbocycles. The lowest BCUT2D eigenvalue weighted by Crippen LogP contribution is -2.35. The van der Waals surface area contributed by atoms with E-state index >= 15 is 0 Å². The number of hydrogen-bond donors (Lipinski definition) is 1. The number of oxazole rings is 1. The Morgan fingerprint density at radius 3 is 2.78 bits per heavy atom. The van der Waals surface area contributed by atoms with Gasteiger partial charge in [-0.05, 0) is 32.9 Å². The van der Waals surface area contributed by atoms with Gasteiger partial charge in [-0.2, -0.15) is 0 Å². The molecule has 0 spiro atoms. The maximum Gasteiger partial charge on any atom is 0.208 e. The van der Waals surface area contributed by atoms with Crippen molar-refractivity contribution in [3.63, 3.8) is 0 Å². The van der Waals surface area contributed by atoms with Crippen molar-refractivity contribution in [3.05, 3.63) is 41.4 Å². The minimum absolute atomic E-state index is 0.0463. The van der Waals surface area contributed by atoms with Crippen LogP contribution in [0.25, 0.3) is 11.3 Å². The van der Waals surface area contributed by atoms with Crippen LogP contribution in [0.1, 0.15) is 26.7 Å². The van der Waals surface area contributed by atoms with E-state index in [0.29, 0.717) is 17.5 Å². The SMILES string of the molecule is CC(C)(C)NCc1ncc(-c2cccc(Cl)c2)o1. The molecule has 4 heteroatoms. The standard InChI is InChI=1S/C14H17ClN2O/c1-14(2,3)17-9-13-16-8-12(18-13)10-5-4-6-11(15)7-10/h4-8,17H,9H2,1-3H3. The maximum absolute atomic E-state index is 5.95. The van der Waals surface area contributed by atoms with Gasteiger partial charge in [0.15, 0.2) is 5.76 Å². The molecule has 2 rings (SSSR count). The Balaban J connectivity index is 2.11. The van der Waals surface area contributed by atoms with E-state index in [2.05, 4.69) is 31.1 Å². The molecule has 3 nitrogen and oxygen atoms in total. The van der Waals surface area contributed by atoms with Crippen molar-refractivity contribution in [3.8, 4) is 11.3 Å². The third-order valence-corrected chi connectivity index (χ3v) is 2.67. The molecule has 0 radical (unpaired) electrons. The Morgan fingerprint density at radius 1 is 1.33 bits per heavy atom. The summed E-state index contributed by atoms with van der Waals surface area (Å²) in [6.45, 7) is 6.93. The van der Waals surface area contributed by atoms with Gasteiger partial charge in [0.1, 0.15) is 0 Å². The zero-order valence-electron chi connectivity index (χ0n) is 10.8. The van der Waals surface area contributed by atoms with Crippen molar-refractivity contribution in [1.29, 1.82) is 0 Å². The highest BCUT2D eigenvalue weighted by atomic mass is 35.5. The summed E-state index contributed by atoms with van der Waals surface area (Å²) in [6.07, 6.45) is 1.73. The van der Waals surface area contributed by atoms with Crippen LogP contribution in [0.4, 0.5) is 0 Å². The van der Waals surface area contributed by atoms with Crippen molar-refractivity contribution >= 4 is 11.6 Å². The second-order valence-electron chi connectivity index (χ2n) is 5.23. The number of nitrogens with one attached hydrogen (secondary N) is 1. The van der Waals surface area contributed by atoms with Crippen LogP contribution in [-0.4, -0.2) is 10.5 Å². The molecule has 1 aromatic carbocycles. The number of halogens is 1. The average Bonchev–Trinajstić information content (AvgIpc) is 2.74. The summed E-state index contributed by atoms with van der Waals surface area (Å²) in [5.41, 5.74) is 0.988. The van der Waals surface area contributed by atoms with E-state index in [0.717, 1.165) is 11.3 Å². The number of benzene rings is 1. The van der Waals surface area contributed by atoms with Crippen LogP contribution in [0, 0.1) is 0 Å². The first kappa shape index (κ1) is 13.1. The van der Waals surface area contributed by atoms with Crippen molar-refractivity contribution < 1.29 is 4.42 Å². The first-order chi connectivity index (χ1) is 8.44. The number of nitrogens with zero attached hydrogens (tertiary/aromatic N) is 1. The fraction of sp³-hybridized carbons (Fsp3) is 0.357. The molecule has 0 unspecified atom stereocenters. The van der Waals surface area contributed by atoms with E-state index in [1.54, 1.807) is 6.20 Å². The molecule has 0 atom stereocenters. The van der Waals surface area contributed by atoms with Crippen LogP contribution < -0.4 is 5.32 Å². The zero-order valence-corrected chi connectivity index (χ0v) is 11.6. The fourth-order valence-corrected chi connectivity index (χ4v) is 1.70. The summed E-state index contributed by atoms with van der Waals surface area (Å²) < 4.78 is 5.69. The quantitative estimate of drug-likeness (QED) is 0.914. The zero-order chi connectivity index (χ0) is 13.2. The van der Waals surface area contributed by atoms with Gasteiger partial charge in [0.25, 0.3) is 0 Å². The van der Waals surface area contributed by atoms with E-state index in [1.165, 1.54) is 0 Å². The summed E-state index contributed by atoms with van der Waals surface area (Å²) in [5, 5.41) is 4.02. The Bertz CT molecular complexity index is 529. The molecular formula is C14H17ClN2O. The smallest absolute Gasteiger partial charge is 0.208 e. The van der Waals surface area contributed by atoms with Crippen LogP contribution >= 0.6 is 11.6 Å². The Labute approximate surface area is 112 Å². The second-order valence-corrected chi connectivity index (χ2v) is 5.67. The number of aromatic nitrogens is 1. The molecule has 0 aliphatic heterocycles. The molecule has 2 aromatic rings. The topological polar surface area (TPSA) is 38.1 Å². The van der Waals surface area contributed by atoms with Gasteiger partial charge in [-0.1, -0.05) is 23.7 Å².